The maximum Gasteiger partial charge on any atom is 0.329 e. The van der Waals surface area contributed by atoms with Crippen molar-refractivity contribution in [3.63, 3.8) is 0 Å². The molecule has 69 valence electrons. The van der Waals surface area contributed by atoms with Crippen LogP contribution in [-0.4, -0.2) is 21.4 Å². The summed E-state index contributed by atoms with van der Waals surface area (Å²) in [6.45, 7) is 3.76. The van der Waals surface area contributed by atoms with Crippen molar-refractivity contribution in [1.29, 1.82) is 0 Å². The van der Waals surface area contributed by atoms with Crippen LogP contribution in [0.15, 0.2) is 6.20 Å². The van der Waals surface area contributed by atoms with Crippen LogP contribution in [0.2, 0.25) is 5.28 Å². The first-order chi connectivity index (χ1) is 6.15. The lowest BCUT2D eigenvalue weighted by Crippen LogP contribution is -2.04. The predicted molar refractivity (Wildman–Crippen MR) is 47.5 cm³/mol. The van der Waals surface area contributed by atoms with Gasteiger partial charge in [0.15, 0.2) is 0 Å². The van der Waals surface area contributed by atoms with Crippen LogP contribution in [0.5, 0.6) is 0 Å². The molecule has 0 saturated heterocycles. The molecule has 0 aliphatic rings. The van der Waals surface area contributed by atoms with E-state index < -0.39 is 4.92 Å². The molecule has 13 heavy (non-hydrogen) atoms. The molecule has 1 aromatic heterocycles. The van der Waals surface area contributed by atoms with Crippen molar-refractivity contribution in [3.8, 4) is 0 Å². The molecule has 6 nitrogen and oxygen atoms in total. The van der Waals surface area contributed by atoms with E-state index >= 15 is 0 Å². The van der Waals surface area contributed by atoms with Gasteiger partial charge in [0.1, 0.15) is 6.20 Å². The second-order valence-electron chi connectivity index (χ2n) is 2.06. The van der Waals surface area contributed by atoms with Crippen LogP contribution in [0.3, 0.4) is 0 Å². The minimum atomic E-state index is -0.589. The van der Waals surface area contributed by atoms with Crippen molar-refractivity contribution in [3.05, 3.63) is 28.5 Å². The summed E-state index contributed by atoms with van der Waals surface area (Å²) in [5.74, 6) is 0.0833. The molecular formula is C6H6ClN4O2. The fraction of sp³-hybridized carbons (Fsp3) is 0.167. The second kappa shape index (κ2) is 3.99. The lowest BCUT2D eigenvalue weighted by atomic mass is 10.5. The number of hydrogen-bond donors (Lipinski definition) is 1. The summed E-state index contributed by atoms with van der Waals surface area (Å²) in [7, 11) is 0. The molecule has 1 N–H and O–H groups in total. The lowest BCUT2D eigenvalue weighted by molar-refractivity contribution is -0.384. The monoisotopic (exact) mass is 201 g/mol. The summed E-state index contributed by atoms with van der Waals surface area (Å²) >= 11 is 5.45. The van der Waals surface area contributed by atoms with Crippen LogP contribution >= 0.6 is 11.6 Å². The van der Waals surface area contributed by atoms with Gasteiger partial charge in [0.05, 0.1) is 4.92 Å². The number of aromatic nitrogens is 2. The van der Waals surface area contributed by atoms with Crippen LogP contribution in [0.4, 0.5) is 11.5 Å². The number of halogens is 1. The van der Waals surface area contributed by atoms with E-state index in [1.165, 1.54) is 0 Å². The minimum Gasteiger partial charge on any atom is -0.364 e. The van der Waals surface area contributed by atoms with Gasteiger partial charge in [-0.15, -0.1) is 0 Å². The summed E-state index contributed by atoms with van der Waals surface area (Å²) in [4.78, 5) is 17.0. The molecular weight excluding hydrogens is 196 g/mol. The van der Waals surface area contributed by atoms with Gasteiger partial charge in [-0.3, -0.25) is 10.1 Å². The maximum absolute atomic E-state index is 10.4. The van der Waals surface area contributed by atoms with Crippen molar-refractivity contribution in [1.82, 2.24) is 9.97 Å². The average Bonchev–Trinajstić information content (AvgIpc) is 2.04. The van der Waals surface area contributed by atoms with Crippen molar-refractivity contribution in [2.24, 2.45) is 0 Å². The fourth-order valence-corrected chi connectivity index (χ4v) is 0.869. The summed E-state index contributed by atoms with van der Waals surface area (Å²) in [5, 5.41) is 13.0. The summed E-state index contributed by atoms with van der Waals surface area (Å²) < 4.78 is 0. The molecule has 7 heteroatoms. The quantitative estimate of drug-likeness (QED) is 0.453. The Morgan fingerprint density at radius 3 is 3.00 bits per heavy atom. The molecule has 1 radical (unpaired) electrons. The highest BCUT2D eigenvalue weighted by atomic mass is 35.5. The summed E-state index contributed by atoms with van der Waals surface area (Å²) in [5.41, 5.74) is -0.215. The first-order valence-electron chi connectivity index (χ1n) is 3.35. The normalized spacial score (nSPS) is 9.69. The first-order valence-corrected chi connectivity index (χ1v) is 3.73. The van der Waals surface area contributed by atoms with E-state index in [9.17, 15) is 10.1 Å². The van der Waals surface area contributed by atoms with Crippen molar-refractivity contribution >= 4 is 23.1 Å². The summed E-state index contributed by atoms with van der Waals surface area (Å²) in [6, 6.07) is 0. The number of nitro groups is 1. The molecule has 0 saturated carbocycles. The second-order valence-corrected chi connectivity index (χ2v) is 2.39. The molecule has 1 rings (SSSR count). The van der Waals surface area contributed by atoms with Gasteiger partial charge in [-0.1, -0.05) is 0 Å². The third kappa shape index (κ3) is 2.25. The maximum atomic E-state index is 10.4. The molecule has 0 aliphatic carbocycles. The zero-order valence-corrected chi connectivity index (χ0v) is 7.28. The molecule has 0 unspecified atom stereocenters. The predicted octanol–water partition coefficient (Wildman–Crippen LogP) is 1.28. The van der Waals surface area contributed by atoms with Gasteiger partial charge in [-0.05, 0) is 18.5 Å². The van der Waals surface area contributed by atoms with Crippen molar-refractivity contribution in [2.45, 2.75) is 0 Å². The number of anilines is 1. The number of rotatable bonds is 3. The van der Waals surface area contributed by atoms with E-state index in [2.05, 4.69) is 22.2 Å². The molecule has 0 bridgehead atoms. The molecule has 0 aliphatic heterocycles. The van der Waals surface area contributed by atoms with Crippen LogP contribution < -0.4 is 5.32 Å². The number of hydrogen-bond acceptors (Lipinski definition) is 5. The van der Waals surface area contributed by atoms with Gasteiger partial charge in [-0.25, -0.2) is 4.98 Å². The highest BCUT2D eigenvalue weighted by Crippen LogP contribution is 2.21. The molecule has 0 atom stereocenters. The third-order valence-electron chi connectivity index (χ3n) is 1.23. The van der Waals surface area contributed by atoms with E-state index in [1.807, 2.05) is 0 Å². The van der Waals surface area contributed by atoms with Gasteiger partial charge in [0.25, 0.3) is 0 Å². The third-order valence-corrected chi connectivity index (χ3v) is 1.41. The first kappa shape index (κ1) is 9.66. The van der Waals surface area contributed by atoms with Gasteiger partial charge in [0, 0.05) is 6.54 Å². The summed E-state index contributed by atoms with van der Waals surface area (Å²) in [6.07, 6.45) is 1.05. The number of nitrogens with one attached hydrogen (secondary N) is 1. The van der Waals surface area contributed by atoms with E-state index in [0.29, 0.717) is 0 Å². The fourth-order valence-electron chi connectivity index (χ4n) is 0.736. The molecule has 1 heterocycles. The largest absolute Gasteiger partial charge is 0.364 e. The van der Waals surface area contributed by atoms with E-state index in [4.69, 9.17) is 11.6 Å². The Bertz CT molecular complexity index is 330. The Kier molecular flexibility index (Phi) is 2.97. The SMILES string of the molecule is [CH2]CNc1nc(Cl)ncc1[N+](=O)[O-]. The van der Waals surface area contributed by atoms with Gasteiger partial charge in [-0.2, -0.15) is 4.98 Å². The molecule has 0 spiro atoms. The Morgan fingerprint density at radius 2 is 2.46 bits per heavy atom. The van der Waals surface area contributed by atoms with E-state index in [1.54, 1.807) is 0 Å². The van der Waals surface area contributed by atoms with Gasteiger partial charge < -0.3 is 5.32 Å². The molecule has 0 fully saturated rings. The number of nitrogens with zero attached hydrogens (tertiary/aromatic N) is 3. The standard InChI is InChI=1S/C6H6ClN4O2/c1-2-8-5-4(11(12)13)3-9-6(7)10-5/h3H,1-2H2,(H,8,9,10). The topological polar surface area (TPSA) is 81.0 Å². The Morgan fingerprint density at radius 1 is 1.77 bits per heavy atom. The van der Waals surface area contributed by atoms with Gasteiger partial charge >= 0.3 is 5.69 Å². The van der Waals surface area contributed by atoms with Crippen LogP contribution in [0.25, 0.3) is 0 Å². The average molecular weight is 202 g/mol. The van der Waals surface area contributed by atoms with Crippen LogP contribution in [0, 0.1) is 17.0 Å². The molecule has 1 aromatic rings. The Labute approximate surface area is 79.1 Å². The van der Waals surface area contributed by atoms with E-state index in [0.717, 1.165) is 6.20 Å². The van der Waals surface area contributed by atoms with Gasteiger partial charge in [0.2, 0.25) is 11.1 Å². The van der Waals surface area contributed by atoms with Crippen LogP contribution in [-0.2, 0) is 0 Å². The van der Waals surface area contributed by atoms with Crippen LogP contribution in [0.1, 0.15) is 0 Å². The highest BCUT2D eigenvalue weighted by Gasteiger charge is 2.15. The Hall–Kier alpha value is -1.43. The smallest absolute Gasteiger partial charge is 0.329 e. The Balaban J connectivity index is 3.10. The van der Waals surface area contributed by atoms with Crippen molar-refractivity contribution < 1.29 is 4.92 Å². The molecule has 0 aromatic carbocycles. The molecule has 0 amide bonds. The lowest BCUT2D eigenvalue weighted by Gasteiger charge is -2.01. The van der Waals surface area contributed by atoms with Crippen molar-refractivity contribution in [2.75, 3.05) is 11.9 Å². The zero-order chi connectivity index (χ0) is 9.84. The zero-order valence-electron chi connectivity index (χ0n) is 6.53. The highest BCUT2D eigenvalue weighted by molar-refractivity contribution is 6.28. The van der Waals surface area contributed by atoms with E-state index in [-0.39, 0.29) is 23.3 Å². The minimum absolute atomic E-state index is 0.0402.